The van der Waals surface area contributed by atoms with Gasteiger partial charge in [-0.05, 0) is 42.5 Å². The summed E-state index contributed by atoms with van der Waals surface area (Å²) >= 11 is 0. The van der Waals surface area contributed by atoms with E-state index >= 15 is 0 Å². The summed E-state index contributed by atoms with van der Waals surface area (Å²) in [5.74, 6) is -3.37. The first-order chi connectivity index (χ1) is 14.6. The number of nitrogens with one attached hydrogen (secondary N) is 2. The van der Waals surface area contributed by atoms with E-state index in [0.717, 1.165) is 30.3 Å². The van der Waals surface area contributed by atoms with Crippen molar-refractivity contribution < 1.29 is 36.3 Å². The second-order valence-electron chi connectivity index (χ2n) is 6.01. The van der Waals surface area contributed by atoms with E-state index in [1.165, 1.54) is 24.3 Å². The number of rotatable bonds is 4. The summed E-state index contributed by atoms with van der Waals surface area (Å²) in [7, 11) is 0. The van der Waals surface area contributed by atoms with Crippen molar-refractivity contribution in [3.8, 4) is 11.6 Å². The van der Waals surface area contributed by atoms with Crippen LogP contribution in [0, 0.1) is 11.6 Å². The first-order valence-electron chi connectivity index (χ1n) is 8.51. The lowest BCUT2D eigenvalue weighted by atomic mass is 10.2. The Morgan fingerprint density at radius 2 is 1.55 bits per heavy atom. The molecule has 3 aromatic rings. The van der Waals surface area contributed by atoms with Crippen LogP contribution < -0.4 is 15.4 Å². The molecular weight excluding hydrogens is 425 g/mol. The number of urea groups is 1. The molecule has 0 saturated carbocycles. The minimum atomic E-state index is -4.52. The van der Waals surface area contributed by atoms with E-state index in [0.29, 0.717) is 6.20 Å². The Labute approximate surface area is 171 Å². The molecule has 3 rings (SSSR count). The average molecular weight is 437 g/mol. The molecule has 0 aliphatic carbocycles. The van der Waals surface area contributed by atoms with Crippen molar-refractivity contribution in [1.29, 1.82) is 0 Å². The van der Waals surface area contributed by atoms with Crippen LogP contribution >= 0.6 is 0 Å². The third-order valence-corrected chi connectivity index (χ3v) is 3.82. The van der Waals surface area contributed by atoms with Crippen LogP contribution in [0.1, 0.15) is 15.9 Å². The van der Waals surface area contributed by atoms with Crippen LogP contribution in [0.4, 0.5) is 32.4 Å². The fourth-order valence-corrected chi connectivity index (χ4v) is 2.38. The molecule has 0 saturated heterocycles. The second kappa shape index (κ2) is 8.78. The van der Waals surface area contributed by atoms with Gasteiger partial charge < -0.3 is 10.1 Å². The molecule has 160 valence electrons. The Morgan fingerprint density at radius 1 is 0.903 bits per heavy atom. The monoisotopic (exact) mass is 437 g/mol. The highest BCUT2D eigenvalue weighted by molar-refractivity contribution is 6.08. The smallest absolute Gasteiger partial charge is 0.417 e. The predicted molar refractivity (Wildman–Crippen MR) is 98.6 cm³/mol. The van der Waals surface area contributed by atoms with Crippen LogP contribution in [0.3, 0.4) is 0 Å². The summed E-state index contributed by atoms with van der Waals surface area (Å²) in [5, 5.41) is 4.08. The first kappa shape index (κ1) is 21.7. The van der Waals surface area contributed by atoms with Gasteiger partial charge >= 0.3 is 12.2 Å². The zero-order valence-electron chi connectivity index (χ0n) is 15.3. The lowest BCUT2D eigenvalue weighted by Gasteiger charge is -2.10. The number of carbonyl (C=O) groups is 2. The van der Waals surface area contributed by atoms with Gasteiger partial charge in [0.05, 0.1) is 5.56 Å². The molecule has 11 heteroatoms. The van der Waals surface area contributed by atoms with Gasteiger partial charge in [0.25, 0.3) is 5.91 Å². The zero-order chi connectivity index (χ0) is 22.6. The Bertz CT molecular complexity index is 1080. The summed E-state index contributed by atoms with van der Waals surface area (Å²) in [6.07, 6.45) is -3.89. The number of hydrogen-bond donors (Lipinski definition) is 2. The van der Waals surface area contributed by atoms with Crippen LogP contribution in [-0.4, -0.2) is 16.9 Å². The molecule has 0 aliphatic rings. The number of ether oxygens (including phenoxy) is 1. The molecule has 2 N–H and O–H groups in total. The van der Waals surface area contributed by atoms with E-state index in [1.54, 1.807) is 5.32 Å². The number of halogens is 5. The highest BCUT2D eigenvalue weighted by atomic mass is 19.4. The van der Waals surface area contributed by atoms with Crippen LogP contribution in [0.15, 0.2) is 60.8 Å². The summed E-state index contributed by atoms with van der Waals surface area (Å²) in [6.45, 7) is 0. The van der Waals surface area contributed by atoms with Crippen LogP contribution in [0.25, 0.3) is 0 Å². The predicted octanol–water partition coefficient (Wildman–Crippen LogP) is 5.13. The molecule has 0 bridgehead atoms. The van der Waals surface area contributed by atoms with Crippen molar-refractivity contribution in [3.63, 3.8) is 0 Å². The summed E-state index contributed by atoms with van der Waals surface area (Å²) in [5.41, 5.74) is -1.62. The summed E-state index contributed by atoms with van der Waals surface area (Å²) in [6, 6.07) is 9.16. The molecule has 31 heavy (non-hydrogen) atoms. The average Bonchev–Trinajstić information content (AvgIpc) is 2.69. The van der Waals surface area contributed by atoms with Crippen LogP contribution in [0.5, 0.6) is 11.6 Å². The lowest BCUT2D eigenvalue weighted by Crippen LogP contribution is -2.35. The van der Waals surface area contributed by atoms with Gasteiger partial charge in [0, 0.05) is 18.0 Å². The van der Waals surface area contributed by atoms with Gasteiger partial charge in [0.15, 0.2) is 0 Å². The van der Waals surface area contributed by atoms with E-state index in [9.17, 15) is 31.5 Å². The molecule has 3 amide bonds. The fourth-order valence-electron chi connectivity index (χ4n) is 2.38. The number of pyridine rings is 1. The van der Waals surface area contributed by atoms with Crippen molar-refractivity contribution in [3.05, 3.63) is 83.6 Å². The SMILES string of the molecule is O=C(NC(=O)c1c(F)cccc1F)Nc1ccc(Oc2ccc(C(F)(F)F)cn2)cc1. The van der Waals surface area contributed by atoms with Gasteiger partial charge in [0.2, 0.25) is 5.88 Å². The van der Waals surface area contributed by atoms with Crippen molar-refractivity contribution in [2.75, 3.05) is 5.32 Å². The maximum absolute atomic E-state index is 13.6. The molecular formula is C20H12F5N3O3. The standard InChI is InChI=1S/C20H12F5N3O3/c21-14-2-1-3-15(22)17(14)18(29)28-19(30)27-12-5-7-13(8-6-12)31-16-9-4-11(10-26-16)20(23,24)25/h1-10H,(H2,27,28,29,30). The van der Waals surface area contributed by atoms with E-state index in [4.69, 9.17) is 4.74 Å². The Hall–Kier alpha value is -4.02. The first-order valence-corrected chi connectivity index (χ1v) is 8.51. The molecule has 0 unspecified atom stereocenters. The molecule has 2 aromatic carbocycles. The Kier molecular flexibility index (Phi) is 6.14. The maximum Gasteiger partial charge on any atom is 0.417 e. The number of hydrogen-bond acceptors (Lipinski definition) is 4. The molecule has 1 heterocycles. The highest BCUT2D eigenvalue weighted by Crippen LogP contribution is 2.30. The molecule has 6 nitrogen and oxygen atoms in total. The Balaban J connectivity index is 1.59. The van der Waals surface area contributed by atoms with E-state index in [-0.39, 0.29) is 17.3 Å². The second-order valence-corrected chi connectivity index (χ2v) is 6.01. The van der Waals surface area contributed by atoms with Crippen LogP contribution in [-0.2, 0) is 6.18 Å². The maximum atomic E-state index is 13.6. The Morgan fingerprint density at radius 3 is 2.10 bits per heavy atom. The lowest BCUT2D eigenvalue weighted by molar-refractivity contribution is -0.137. The number of carbonyl (C=O) groups excluding carboxylic acids is 2. The van der Waals surface area contributed by atoms with Crippen LogP contribution in [0.2, 0.25) is 0 Å². The minimum Gasteiger partial charge on any atom is -0.439 e. The number of benzene rings is 2. The van der Waals surface area contributed by atoms with Gasteiger partial charge in [-0.2, -0.15) is 13.2 Å². The third-order valence-electron chi connectivity index (χ3n) is 3.82. The molecule has 1 aromatic heterocycles. The van der Waals surface area contributed by atoms with E-state index in [2.05, 4.69) is 10.3 Å². The summed E-state index contributed by atoms with van der Waals surface area (Å²) in [4.78, 5) is 27.3. The number of anilines is 1. The number of alkyl halides is 3. The van der Waals surface area contributed by atoms with E-state index in [1.807, 2.05) is 0 Å². The number of amides is 3. The summed E-state index contributed by atoms with van der Waals surface area (Å²) < 4.78 is 70.1. The van der Waals surface area contributed by atoms with E-state index < -0.39 is 40.9 Å². The van der Waals surface area contributed by atoms with Crippen molar-refractivity contribution >= 4 is 17.6 Å². The third kappa shape index (κ3) is 5.53. The number of aromatic nitrogens is 1. The molecule has 0 fully saturated rings. The topological polar surface area (TPSA) is 80.3 Å². The largest absolute Gasteiger partial charge is 0.439 e. The van der Waals surface area contributed by atoms with Gasteiger partial charge in [-0.3, -0.25) is 10.1 Å². The minimum absolute atomic E-state index is 0.0797. The molecule has 0 spiro atoms. The molecule has 0 aliphatic heterocycles. The van der Waals surface area contributed by atoms with Crippen molar-refractivity contribution in [2.24, 2.45) is 0 Å². The zero-order valence-corrected chi connectivity index (χ0v) is 15.3. The quantitative estimate of drug-likeness (QED) is 0.555. The van der Waals surface area contributed by atoms with Crippen molar-refractivity contribution in [2.45, 2.75) is 6.18 Å². The van der Waals surface area contributed by atoms with Gasteiger partial charge in [-0.15, -0.1) is 0 Å². The van der Waals surface area contributed by atoms with Crippen molar-refractivity contribution in [1.82, 2.24) is 10.3 Å². The molecule has 0 radical (unpaired) electrons. The molecule has 0 atom stereocenters. The van der Waals surface area contributed by atoms with Gasteiger partial charge in [-0.25, -0.2) is 18.6 Å². The highest BCUT2D eigenvalue weighted by Gasteiger charge is 2.30. The number of imide groups is 1. The van der Waals surface area contributed by atoms with Gasteiger partial charge in [0.1, 0.15) is 22.9 Å². The van der Waals surface area contributed by atoms with Gasteiger partial charge in [-0.1, -0.05) is 6.07 Å². The number of nitrogens with zero attached hydrogens (tertiary/aromatic N) is 1. The fraction of sp³-hybridized carbons (Fsp3) is 0.0500. The normalized spacial score (nSPS) is 11.0.